The lowest BCUT2D eigenvalue weighted by Gasteiger charge is -2.15. The molecule has 0 bridgehead atoms. The number of likely N-dealkylation sites (tertiary alicyclic amines) is 1. The summed E-state index contributed by atoms with van der Waals surface area (Å²) in [6.07, 6.45) is 2.70. The van der Waals surface area contributed by atoms with Gasteiger partial charge in [0.15, 0.2) is 5.13 Å². The summed E-state index contributed by atoms with van der Waals surface area (Å²) in [7, 11) is 0. The molecule has 7 heteroatoms. The molecule has 0 aliphatic carbocycles. The van der Waals surface area contributed by atoms with Crippen LogP contribution in [0.2, 0.25) is 0 Å². The molecule has 6 nitrogen and oxygen atoms in total. The number of aliphatic carboxylic acids is 1. The van der Waals surface area contributed by atoms with E-state index >= 15 is 0 Å². The van der Waals surface area contributed by atoms with E-state index in [9.17, 15) is 14.7 Å². The third-order valence-corrected chi connectivity index (χ3v) is 4.66. The molecule has 0 spiro atoms. The van der Waals surface area contributed by atoms with Gasteiger partial charge in [-0.3, -0.25) is 9.59 Å². The summed E-state index contributed by atoms with van der Waals surface area (Å²) in [5.41, 5.74) is 6.38. The second-order valence-corrected chi connectivity index (χ2v) is 6.36. The van der Waals surface area contributed by atoms with E-state index in [1.807, 2.05) is 12.3 Å². The fourth-order valence-corrected chi connectivity index (χ4v) is 3.45. The number of nitrogens with zero attached hydrogens (tertiary/aromatic N) is 2. The maximum atomic E-state index is 12.2. The molecule has 2 atom stereocenters. The summed E-state index contributed by atoms with van der Waals surface area (Å²) in [6.45, 7) is 2.93. The minimum Gasteiger partial charge on any atom is -0.481 e. The Morgan fingerprint density at radius 2 is 2.29 bits per heavy atom. The van der Waals surface area contributed by atoms with Gasteiger partial charge in [0.1, 0.15) is 0 Å². The maximum Gasteiger partial charge on any atom is 0.308 e. The summed E-state index contributed by atoms with van der Waals surface area (Å²) in [5, 5.41) is 11.6. The molecule has 2 heterocycles. The molecule has 1 saturated heterocycles. The molecule has 0 radical (unpaired) electrons. The molecule has 1 aromatic rings. The monoisotopic (exact) mass is 311 g/mol. The van der Waals surface area contributed by atoms with Crippen molar-refractivity contribution in [1.29, 1.82) is 0 Å². The molecular formula is C14H21N3O3S. The lowest BCUT2D eigenvalue weighted by molar-refractivity contribution is -0.142. The fourth-order valence-electron chi connectivity index (χ4n) is 2.85. The Bertz CT molecular complexity index is 517. The second-order valence-electron chi connectivity index (χ2n) is 5.47. The minimum atomic E-state index is -0.795. The van der Waals surface area contributed by atoms with Crippen molar-refractivity contribution in [3.8, 4) is 0 Å². The lowest BCUT2D eigenvalue weighted by Crippen LogP contribution is -2.30. The molecular weight excluding hydrogens is 290 g/mol. The molecule has 0 saturated carbocycles. The number of hydrogen-bond donors (Lipinski definition) is 2. The summed E-state index contributed by atoms with van der Waals surface area (Å²) >= 11 is 1.36. The Balaban J connectivity index is 1.89. The summed E-state index contributed by atoms with van der Waals surface area (Å²) < 4.78 is 0. The summed E-state index contributed by atoms with van der Waals surface area (Å²) in [4.78, 5) is 29.3. The zero-order valence-corrected chi connectivity index (χ0v) is 12.9. The normalized spacial score (nSPS) is 21.7. The number of nitrogens with two attached hydrogens (primary N) is 1. The molecule has 0 aromatic carbocycles. The van der Waals surface area contributed by atoms with Gasteiger partial charge in [-0.2, -0.15) is 0 Å². The molecule has 1 amide bonds. The number of amides is 1. The highest BCUT2D eigenvalue weighted by Crippen LogP contribution is 2.28. The van der Waals surface area contributed by atoms with E-state index in [4.69, 9.17) is 5.73 Å². The first-order valence-corrected chi connectivity index (χ1v) is 8.09. The molecule has 1 aliphatic rings. The third kappa shape index (κ3) is 3.93. The van der Waals surface area contributed by atoms with Crippen molar-refractivity contribution in [1.82, 2.24) is 9.88 Å². The standard InChI is InChI=1S/C14H21N3O3S/c1-2-3-9-6-17(7-11(9)13(19)20)12(18)5-4-10-8-21-14(15)16-10/h8-9,11H,2-7H2,1H3,(H2,15,16)(H,19,20)/t9-,11-/m1/s1. The van der Waals surface area contributed by atoms with Gasteiger partial charge in [-0.05, 0) is 18.8 Å². The van der Waals surface area contributed by atoms with Crippen LogP contribution in [0.15, 0.2) is 5.38 Å². The van der Waals surface area contributed by atoms with Gasteiger partial charge in [-0.15, -0.1) is 11.3 Å². The quantitative estimate of drug-likeness (QED) is 0.832. The van der Waals surface area contributed by atoms with E-state index in [-0.39, 0.29) is 11.8 Å². The Kier molecular flexibility index (Phi) is 5.17. The molecule has 116 valence electrons. The number of nitrogen functional groups attached to an aromatic ring is 1. The minimum absolute atomic E-state index is 0.00595. The zero-order chi connectivity index (χ0) is 15.4. The van der Waals surface area contributed by atoms with Crippen LogP contribution >= 0.6 is 11.3 Å². The van der Waals surface area contributed by atoms with Crippen LogP contribution in [0, 0.1) is 11.8 Å². The van der Waals surface area contributed by atoms with Crippen LogP contribution in [0.5, 0.6) is 0 Å². The molecule has 1 fully saturated rings. The van der Waals surface area contributed by atoms with Crippen LogP contribution in [0.25, 0.3) is 0 Å². The van der Waals surface area contributed by atoms with Gasteiger partial charge in [-0.25, -0.2) is 4.98 Å². The largest absolute Gasteiger partial charge is 0.481 e. The molecule has 3 N–H and O–H groups in total. The average molecular weight is 311 g/mol. The van der Waals surface area contributed by atoms with Crippen LogP contribution in [-0.2, 0) is 16.0 Å². The molecule has 2 rings (SSSR count). The first-order valence-electron chi connectivity index (χ1n) is 7.21. The number of anilines is 1. The smallest absolute Gasteiger partial charge is 0.308 e. The second kappa shape index (κ2) is 6.89. The molecule has 21 heavy (non-hydrogen) atoms. The van der Waals surface area contributed by atoms with E-state index in [1.54, 1.807) is 4.90 Å². The number of aryl methyl sites for hydroxylation is 1. The van der Waals surface area contributed by atoms with Gasteiger partial charge in [0, 0.05) is 24.9 Å². The van der Waals surface area contributed by atoms with Gasteiger partial charge in [0.25, 0.3) is 0 Å². The van der Waals surface area contributed by atoms with Crippen LogP contribution in [0.3, 0.4) is 0 Å². The highest BCUT2D eigenvalue weighted by Gasteiger charge is 2.38. The van der Waals surface area contributed by atoms with Gasteiger partial charge in [0.05, 0.1) is 11.6 Å². The van der Waals surface area contributed by atoms with Crippen LogP contribution < -0.4 is 5.73 Å². The van der Waals surface area contributed by atoms with E-state index in [1.165, 1.54) is 11.3 Å². The predicted molar refractivity (Wildman–Crippen MR) is 81.0 cm³/mol. The van der Waals surface area contributed by atoms with Crippen LogP contribution in [0.4, 0.5) is 5.13 Å². The summed E-state index contributed by atoms with van der Waals surface area (Å²) in [6, 6.07) is 0. The van der Waals surface area contributed by atoms with Gasteiger partial charge in [0.2, 0.25) is 5.91 Å². The number of thiazole rings is 1. The number of carboxylic acids is 1. The first-order chi connectivity index (χ1) is 10.0. The Morgan fingerprint density at radius 1 is 1.52 bits per heavy atom. The highest BCUT2D eigenvalue weighted by molar-refractivity contribution is 7.13. The SMILES string of the molecule is CCC[C@@H]1CN(C(=O)CCc2csc(N)n2)C[C@H]1C(=O)O. The van der Waals surface area contributed by atoms with E-state index in [0.717, 1.165) is 18.5 Å². The predicted octanol–water partition coefficient (Wildman–Crippen LogP) is 1.62. The number of aromatic nitrogens is 1. The lowest BCUT2D eigenvalue weighted by atomic mass is 9.92. The van der Waals surface area contributed by atoms with Crippen molar-refractivity contribution in [2.24, 2.45) is 11.8 Å². The van der Waals surface area contributed by atoms with E-state index in [0.29, 0.717) is 31.1 Å². The van der Waals surface area contributed by atoms with Gasteiger partial charge < -0.3 is 15.7 Å². The highest BCUT2D eigenvalue weighted by atomic mass is 32.1. The fraction of sp³-hybridized carbons (Fsp3) is 0.643. The maximum absolute atomic E-state index is 12.2. The van der Waals surface area contributed by atoms with Crippen molar-refractivity contribution in [2.45, 2.75) is 32.6 Å². The van der Waals surface area contributed by atoms with Crippen molar-refractivity contribution < 1.29 is 14.7 Å². The van der Waals surface area contributed by atoms with E-state index in [2.05, 4.69) is 4.98 Å². The van der Waals surface area contributed by atoms with Crippen LogP contribution in [0.1, 0.15) is 31.9 Å². The molecule has 1 aromatic heterocycles. The topological polar surface area (TPSA) is 96.5 Å². The number of hydrogen-bond acceptors (Lipinski definition) is 5. The Hall–Kier alpha value is -1.63. The zero-order valence-electron chi connectivity index (χ0n) is 12.1. The van der Waals surface area contributed by atoms with Crippen molar-refractivity contribution in [3.05, 3.63) is 11.1 Å². The van der Waals surface area contributed by atoms with Crippen molar-refractivity contribution >= 4 is 28.3 Å². The summed E-state index contributed by atoms with van der Waals surface area (Å²) in [5.74, 6) is -1.14. The van der Waals surface area contributed by atoms with E-state index < -0.39 is 11.9 Å². The Labute approximate surface area is 128 Å². The first kappa shape index (κ1) is 15.8. The number of rotatable bonds is 6. The van der Waals surface area contributed by atoms with Crippen LogP contribution in [-0.4, -0.2) is 40.0 Å². The number of carboxylic acid groups (broad SMARTS) is 1. The molecule has 0 unspecified atom stereocenters. The van der Waals surface area contributed by atoms with Crippen molar-refractivity contribution in [3.63, 3.8) is 0 Å². The number of carbonyl (C=O) groups excluding carboxylic acids is 1. The van der Waals surface area contributed by atoms with Crippen molar-refractivity contribution in [2.75, 3.05) is 18.8 Å². The average Bonchev–Trinajstić information content (AvgIpc) is 3.03. The third-order valence-electron chi connectivity index (χ3n) is 3.93. The Morgan fingerprint density at radius 3 is 2.86 bits per heavy atom. The number of carbonyl (C=O) groups is 2. The van der Waals surface area contributed by atoms with Gasteiger partial charge >= 0.3 is 5.97 Å². The van der Waals surface area contributed by atoms with Gasteiger partial charge in [-0.1, -0.05) is 13.3 Å². The molecule has 1 aliphatic heterocycles.